The van der Waals surface area contributed by atoms with Crippen molar-refractivity contribution >= 4 is 11.8 Å². The van der Waals surface area contributed by atoms with E-state index in [1.807, 2.05) is 0 Å². The maximum Gasteiger partial charge on any atom is 0.245 e. The van der Waals surface area contributed by atoms with E-state index >= 15 is 0 Å². The molecular weight excluding hydrogens is 240 g/mol. The van der Waals surface area contributed by atoms with Crippen molar-refractivity contribution in [3.8, 4) is 0 Å². The smallest absolute Gasteiger partial charge is 0.245 e. The molecule has 0 unspecified atom stereocenters. The number of nitrogens with zero attached hydrogens (tertiary/aromatic N) is 1. The molecule has 1 N–H and O–H groups in total. The van der Waals surface area contributed by atoms with Crippen LogP contribution >= 0.6 is 0 Å². The molecule has 0 aromatic heterocycles. The molecule has 1 fully saturated rings. The second-order valence-electron chi connectivity index (χ2n) is 5.37. The van der Waals surface area contributed by atoms with E-state index in [0.29, 0.717) is 5.92 Å². The molecule has 2 amide bonds. The van der Waals surface area contributed by atoms with Gasteiger partial charge >= 0.3 is 0 Å². The first kappa shape index (κ1) is 13.8. The van der Waals surface area contributed by atoms with Crippen LogP contribution in [0.25, 0.3) is 0 Å². The topological polar surface area (TPSA) is 49.4 Å². The van der Waals surface area contributed by atoms with Crippen molar-refractivity contribution in [2.75, 3.05) is 19.6 Å². The molecule has 2 rings (SSSR count). The van der Waals surface area contributed by atoms with Gasteiger partial charge in [0.25, 0.3) is 0 Å². The van der Waals surface area contributed by atoms with Crippen molar-refractivity contribution in [2.45, 2.75) is 25.7 Å². The highest BCUT2D eigenvalue weighted by molar-refractivity contribution is 5.87. The van der Waals surface area contributed by atoms with E-state index in [9.17, 15) is 9.59 Å². The molecule has 104 valence electrons. The highest BCUT2D eigenvalue weighted by Gasteiger charge is 2.28. The molecule has 1 heterocycles. The van der Waals surface area contributed by atoms with Crippen LogP contribution in [0.5, 0.6) is 0 Å². The van der Waals surface area contributed by atoms with Crippen molar-refractivity contribution < 1.29 is 9.59 Å². The summed E-state index contributed by atoms with van der Waals surface area (Å²) in [6.07, 6.45) is 9.40. The van der Waals surface area contributed by atoms with E-state index in [2.05, 4.69) is 24.0 Å². The van der Waals surface area contributed by atoms with Crippen LogP contribution in [0, 0.1) is 11.8 Å². The van der Waals surface area contributed by atoms with Gasteiger partial charge in [0, 0.05) is 25.6 Å². The average Bonchev–Trinajstić information content (AvgIpc) is 2.41. The molecule has 0 saturated carbocycles. The average molecular weight is 262 g/mol. The minimum Gasteiger partial charge on any atom is -0.356 e. The first-order valence-corrected chi connectivity index (χ1v) is 7.04. The number of likely N-dealkylation sites (tertiary alicyclic amines) is 1. The second kappa shape index (κ2) is 6.55. The lowest BCUT2D eigenvalue weighted by Crippen LogP contribution is -2.50. The van der Waals surface area contributed by atoms with E-state index in [1.165, 1.54) is 6.08 Å². The van der Waals surface area contributed by atoms with Crippen molar-refractivity contribution in [3.63, 3.8) is 0 Å². The number of rotatable bonds is 5. The van der Waals surface area contributed by atoms with Crippen molar-refractivity contribution in [2.24, 2.45) is 11.8 Å². The molecule has 1 saturated heterocycles. The highest BCUT2D eigenvalue weighted by atomic mass is 16.2. The Labute approximate surface area is 114 Å². The first-order chi connectivity index (χ1) is 9.20. The van der Waals surface area contributed by atoms with Gasteiger partial charge in [-0.2, -0.15) is 0 Å². The van der Waals surface area contributed by atoms with Crippen LogP contribution < -0.4 is 5.32 Å². The maximum absolute atomic E-state index is 11.9. The predicted molar refractivity (Wildman–Crippen MR) is 74.4 cm³/mol. The van der Waals surface area contributed by atoms with Gasteiger partial charge in [0.2, 0.25) is 11.8 Å². The lowest BCUT2D eigenvalue weighted by atomic mass is 9.93. The Balaban J connectivity index is 1.58. The number of carbonyl (C=O) groups is 2. The Kier molecular flexibility index (Phi) is 4.77. The quantitative estimate of drug-likeness (QED) is 0.603. The van der Waals surface area contributed by atoms with Crippen LogP contribution in [0.15, 0.2) is 24.8 Å². The third-order valence-corrected chi connectivity index (χ3v) is 3.94. The van der Waals surface area contributed by atoms with E-state index < -0.39 is 0 Å². The Hall–Kier alpha value is -1.58. The van der Waals surface area contributed by atoms with Crippen LogP contribution in [-0.2, 0) is 9.59 Å². The first-order valence-electron chi connectivity index (χ1n) is 7.04. The molecule has 4 heteroatoms. The molecule has 2 aliphatic rings. The molecule has 0 spiro atoms. The number of hydrogen-bond donors (Lipinski definition) is 1. The summed E-state index contributed by atoms with van der Waals surface area (Å²) < 4.78 is 0. The Morgan fingerprint density at radius 2 is 2.16 bits per heavy atom. The third kappa shape index (κ3) is 3.69. The summed E-state index contributed by atoms with van der Waals surface area (Å²) in [6.45, 7) is 5.79. The number of carbonyl (C=O) groups excluding carboxylic acids is 2. The van der Waals surface area contributed by atoms with Gasteiger partial charge in [0.05, 0.1) is 0 Å². The number of nitrogens with one attached hydrogen (secondary N) is 1. The highest BCUT2D eigenvalue weighted by Crippen LogP contribution is 2.20. The zero-order valence-electron chi connectivity index (χ0n) is 11.3. The van der Waals surface area contributed by atoms with Crippen LogP contribution in [0.4, 0.5) is 0 Å². The molecule has 1 atom stereocenters. The Morgan fingerprint density at radius 3 is 2.79 bits per heavy atom. The largest absolute Gasteiger partial charge is 0.356 e. The number of allylic oxidation sites excluding steroid dienone is 2. The fraction of sp³-hybridized carbons (Fsp3) is 0.600. The van der Waals surface area contributed by atoms with Gasteiger partial charge < -0.3 is 10.2 Å². The number of amides is 2. The second-order valence-corrected chi connectivity index (χ2v) is 5.37. The molecular formula is C15H22N2O2. The zero-order valence-corrected chi connectivity index (χ0v) is 11.3. The summed E-state index contributed by atoms with van der Waals surface area (Å²) in [5.41, 5.74) is 0. The normalized spacial score (nSPS) is 22.7. The van der Waals surface area contributed by atoms with Crippen molar-refractivity contribution in [3.05, 3.63) is 24.8 Å². The van der Waals surface area contributed by atoms with Crippen LogP contribution in [0.2, 0.25) is 0 Å². The van der Waals surface area contributed by atoms with E-state index in [-0.39, 0.29) is 17.7 Å². The molecule has 1 aliphatic carbocycles. The molecule has 0 bridgehead atoms. The Morgan fingerprint density at radius 1 is 1.37 bits per heavy atom. The molecule has 0 aromatic rings. The standard InChI is InChI=1S/C15H22N2O2/c1-2-14(18)17-10-12(11-17)8-9-16-15(19)13-6-4-3-5-7-13/h2-4,12-13H,1,5-11H2,(H,16,19)/t13-/m1/s1. The summed E-state index contributed by atoms with van der Waals surface area (Å²) >= 11 is 0. The van der Waals surface area contributed by atoms with Crippen molar-refractivity contribution in [1.82, 2.24) is 10.2 Å². The van der Waals surface area contributed by atoms with Gasteiger partial charge in [-0.1, -0.05) is 18.7 Å². The fourth-order valence-corrected chi connectivity index (χ4v) is 2.64. The summed E-state index contributed by atoms with van der Waals surface area (Å²) in [5, 5.41) is 3.01. The zero-order chi connectivity index (χ0) is 13.7. The maximum atomic E-state index is 11.9. The van der Waals surface area contributed by atoms with Gasteiger partial charge in [-0.15, -0.1) is 0 Å². The summed E-state index contributed by atoms with van der Waals surface area (Å²) in [4.78, 5) is 24.9. The molecule has 1 aliphatic heterocycles. The van der Waals surface area contributed by atoms with E-state index in [0.717, 1.165) is 45.3 Å². The summed E-state index contributed by atoms with van der Waals surface area (Å²) in [6, 6.07) is 0. The molecule has 0 radical (unpaired) electrons. The molecule has 0 aromatic carbocycles. The third-order valence-electron chi connectivity index (χ3n) is 3.94. The minimum atomic E-state index is 0.00859. The Bertz CT molecular complexity index is 384. The van der Waals surface area contributed by atoms with Gasteiger partial charge in [-0.3, -0.25) is 9.59 Å². The van der Waals surface area contributed by atoms with E-state index in [4.69, 9.17) is 0 Å². The van der Waals surface area contributed by atoms with E-state index in [1.54, 1.807) is 4.90 Å². The summed E-state index contributed by atoms with van der Waals surface area (Å²) in [5.74, 6) is 0.873. The van der Waals surface area contributed by atoms with Crippen molar-refractivity contribution in [1.29, 1.82) is 0 Å². The molecule has 4 nitrogen and oxygen atoms in total. The number of hydrogen-bond acceptors (Lipinski definition) is 2. The van der Waals surface area contributed by atoms with Crippen LogP contribution in [-0.4, -0.2) is 36.3 Å². The summed E-state index contributed by atoms with van der Waals surface area (Å²) in [7, 11) is 0. The SMILES string of the molecule is C=CC(=O)N1CC(CCNC(=O)[C@@H]2CC=CCC2)C1. The van der Waals surface area contributed by atoms with Gasteiger partial charge in [-0.25, -0.2) is 0 Å². The lowest BCUT2D eigenvalue weighted by Gasteiger charge is -2.38. The monoisotopic (exact) mass is 262 g/mol. The minimum absolute atomic E-state index is 0.00859. The van der Waals surface area contributed by atoms with Crippen LogP contribution in [0.1, 0.15) is 25.7 Å². The van der Waals surface area contributed by atoms with Crippen LogP contribution in [0.3, 0.4) is 0 Å². The fourth-order valence-electron chi connectivity index (χ4n) is 2.64. The lowest BCUT2D eigenvalue weighted by molar-refractivity contribution is -0.132. The predicted octanol–water partition coefficient (Wildman–Crippen LogP) is 1.49. The van der Waals surface area contributed by atoms with Gasteiger partial charge in [0.15, 0.2) is 0 Å². The van der Waals surface area contributed by atoms with Gasteiger partial charge in [0.1, 0.15) is 0 Å². The van der Waals surface area contributed by atoms with Gasteiger partial charge in [-0.05, 0) is 37.7 Å². The molecule has 19 heavy (non-hydrogen) atoms.